The Balaban J connectivity index is 1.60. The summed E-state index contributed by atoms with van der Waals surface area (Å²) in [7, 11) is 0. The molecule has 2 fully saturated rings. The number of anilines is 2. The predicted octanol–water partition coefficient (Wildman–Crippen LogP) is 3.54. The van der Waals surface area contributed by atoms with E-state index in [4.69, 9.17) is 4.74 Å². The highest BCUT2D eigenvalue weighted by atomic mass is 16.6. The SMILES string of the molecule is CC(C)(C)OC(=O)Nc1cccc(NC2CCN3CCC2C3)c1. The van der Waals surface area contributed by atoms with Crippen LogP contribution < -0.4 is 10.6 Å². The van der Waals surface area contributed by atoms with Crippen LogP contribution in [-0.2, 0) is 4.74 Å². The molecular formula is C18H27N3O2. The molecule has 3 atom stereocenters. The average molecular weight is 317 g/mol. The maximum absolute atomic E-state index is 11.9. The second-order valence-electron chi connectivity index (χ2n) is 7.60. The number of fused-ring (bicyclic) bond motifs is 2. The van der Waals surface area contributed by atoms with E-state index in [9.17, 15) is 4.79 Å². The molecule has 2 heterocycles. The number of rotatable bonds is 3. The molecule has 2 saturated heterocycles. The third kappa shape index (κ3) is 4.38. The molecule has 0 radical (unpaired) electrons. The van der Waals surface area contributed by atoms with Crippen molar-refractivity contribution in [1.82, 2.24) is 4.90 Å². The van der Waals surface area contributed by atoms with Gasteiger partial charge in [0.2, 0.25) is 0 Å². The molecule has 3 rings (SSSR count). The van der Waals surface area contributed by atoms with E-state index in [-0.39, 0.29) is 0 Å². The fourth-order valence-electron chi connectivity index (χ4n) is 3.46. The molecule has 1 aromatic rings. The number of nitrogens with one attached hydrogen (secondary N) is 2. The van der Waals surface area contributed by atoms with Crippen LogP contribution in [0.1, 0.15) is 33.6 Å². The highest BCUT2D eigenvalue weighted by molar-refractivity contribution is 5.85. The second kappa shape index (κ2) is 6.40. The van der Waals surface area contributed by atoms with Crippen molar-refractivity contribution in [3.63, 3.8) is 0 Å². The molecule has 23 heavy (non-hydrogen) atoms. The van der Waals surface area contributed by atoms with Crippen molar-refractivity contribution in [3.05, 3.63) is 24.3 Å². The van der Waals surface area contributed by atoms with Gasteiger partial charge in [0.25, 0.3) is 0 Å². The number of carbonyl (C=O) groups is 1. The molecule has 5 heteroatoms. The highest BCUT2D eigenvalue weighted by Gasteiger charge is 2.34. The molecule has 0 aromatic heterocycles. The fourth-order valence-corrected chi connectivity index (χ4v) is 3.46. The van der Waals surface area contributed by atoms with Crippen LogP contribution in [0.4, 0.5) is 16.2 Å². The number of nitrogens with zero attached hydrogens (tertiary/aromatic N) is 1. The van der Waals surface area contributed by atoms with Crippen molar-refractivity contribution in [1.29, 1.82) is 0 Å². The Kier molecular flexibility index (Phi) is 4.48. The number of ether oxygens (including phenoxy) is 1. The van der Waals surface area contributed by atoms with Crippen molar-refractivity contribution in [2.75, 3.05) is 30.3 Å². The number of carbonyl (C=O) groups excluding carboxylic acids is 1. The lowest BCUT2D eigenvalue weighted by molar-refractivity contribution is 0.0636. The molecular weight excluding hydrogens is 290 g/mol. The van der Waals surface area contributed by atoms with E-state index in [0.717, 1.165) is 17.3 Å². The minimum absolute atomic E-state index is 0.418. The molecule has 2 aliphatic heterocycles. The van der Waals surface area contributed by atoms with Crippen molar-refractivity contribution < 1.29 is 9.53 Å². The number of piperidine rings is 1. The zero-order chi connectivity index (χ0) is 16.4. The van der Waals surface area contributed by atoms with E-state index < -0.39 is 11.7 Å². The lowest BCUT2D eigenvalue weighted by Crippen LogP contribution is -2.39. The van der Waals surface area contributed by atoms with Gasteiger partial charge in [-0.3, -0.25) is 5.32 Å². The number of benzene rings is 1. The first kappa shape index (κ1) is 16.1. The van der Waals surface area contributed by atoms with Crippen LogP contribution in [0, 0.1) is 5.92 Å². The van der Waals surface area contributed by atoms with Gasteiger partial charge in [0.15, 0.2) is 0 Å². The molecule has 1 amide bonds. The van der Waals surface area contributed by atoms with Gasteiger partial charge in [0, 0.05) is 30.5 Å². The van der Waals surface area contributed by atoms with Crippen molar-refractivity contribution in [3.8, 4) is 0 Å². The molecule has 2 aliphatic rings. The minimum atomic E-state index is -0.490. The average Bonchev–Trinajstić information content (AvgIpc) is 2.83. The topological polar surface area (TPSA) is 53.6 Å². The van der Waals surface area contributed by atoms with Gasteiger partial charge in [-0.2, -0.15) is 0 Å². The third-order valence-corrected chi connectivity index (χ3v) is 4.49. The summed E-state index contributed by atoms with van der Waals surface area (Å²) >= 11 is 0. The van der Waals surface area contributed by atoms with Crippen LogP contribution in [0.5, 0.6) is 0 Å². The maximum atomic E-state index is 11.9. The van der Waals surface area contributed by atoms with E-state index in [1.165, 1.54) is 32.5 Å². The van der Waals surface area contributed by atoms with E-state index >= 15 is 0 Å². The van der Waals surface area contributed by atoms with Crippen LogP contribution in [0.15, 0.2) is 24.3 Å². The minimum Gasteiger partial charge on any atom is -0.444 e. The van der Waals surface area contributed by atoms with Gasteiger partial charge < -0.3 is 15.0 Å². The van der Waals surface area contributed by atoms with E-state index in [2.05, 4.69) is 21.6 Å². The molecule has 2 N–H and O–H groups in total. The van der Waals surface area contributed by atoms with Gasteiger partial charge in [-0.15, -0.1) is 0 Å². The summed E-state index contributed by atoms with van der Waals surface area (Å²) in [6.07, 6.45) is 2.06. The lowest BCUT2D eigenvalue weighted by Gasteiger charge is -2.31. The van der Waals surface area contributed by atoms with Crippen molar-refractivity contribution >= 4 is 17.5 Å². The van der Waals surface area contributed by atoms with Gasteiger partial charge in [-0.05, 0) is 64.3 Å². The zero-order valence-electron chi connectivity index (χ0n) is 14.3. The molecule has 0 saturated carbocycles. The largest absolute Gasteiger partial charge is 0.444 e. The fraction of sp³-hybridized carbons (Fsp3) is 0.611. The number of hydrogen-bond donors (Lipinski definition) is 2. The third-order valence-electron chi connectivity index (χ3n) is 4.49. The van der Waals surface area contributed by atoms with Gasteiger partial charge in [-0.1, -0.05) is 6.07 Å². The normalized spacial score (nSPS) is 26.7. The maximum Gasteiger partial charge on any atom is 0.412 e. The molecule has 3 unspecified atom stereocenters. The first-order valence-electron chi connectivity index (χ1n) is 8.48. The standard InChI is InChI=1S/C18H27N3O2/c1-18(2,3)23-17(22)20-15-6-4-5-14(11-15)19-16-8-10-21-9-7-13(16)12-21/h4-6,11,13,16,19H,7-10,12H2,1-3H3,(H,20,22). The summed E-state index contributed by atoms with van der Waals surface area (Å²) in [4.78, 5) is 14.4. The molecule has 1 aromatic carbocycles. The van der Waals surface area contributed by atoms with Crippen LogP contribution in [0.3, 0.4) is 0 Å². The Bertz CT molecular complexity index is 568. The Morgan fingerprint density at radius 2 is 1.96 bits per heavy atom. The first-order chi connectivity index (χ1) is 10.9. The molecule has 2 bridgehead atoms. The molecule has 126 valence electrons. The Morgan fingerprint density at radius 1 is 1.22 bits per heavy atom. The Labute approximate surface area is 138 Å². The highest BCUT2D eigenvalue weighted by Crippen LogP contribution is 2.30. The van der Waals surface area contributed by atoms with Crippen LogP contribution in [0.25, 0.3) is 0 Å². The zero-order valence-corrected chi connectivity index (χ0v) is 14.3. The lowest BCUT2D eigenvalue weighted by atomic mass is 9.94. The number of hydrogen-bond acceptors (Lipinski definition) is 4. The number of amides is 1. The van der Waals surface area contributed by atoms with E-state index in [1.807, 2.05) is 39.0 Å². The summed E-state index contributed by atoms with van der Waals surface area (Å²) in [6, 6.07) is 8.41. The van der Waals surface area contributed by atoms with Crippen LogP contribution >= 0.6 is 0 Å². The van der Waals surface area contributed by atoms with Gasteiger partial charge in [0.05, 0.1) is 0 Å². The van der Waals surface area contributed by atoms with E-state index in [1.54, 1.807) is 0 Å². The molecule has 0 aliphatic carbocycles. The monoisotopic (exact) mass is 317 g/mol. The quantitative estimate of drug-likeness (QED) is 0.895. The second-order valence-corrected chi connectivity index (χ2v) is 7.60. The van der Waals surface area contributed by atoms with E-state index in [0.29, 0.717) is 6.04 Å². The predicted molar refractivity (Wildman–Crippen MR) is 92.9 cm³/mol. The Morgan fingerprint density at radius 3 is 2.74 bits per heavy atom. The smallest absolute Gasteiger partial charge is 0.412 e. The molecule has 0 spiro atoms. The van der Waals surface area contributed by atoms with Gasteiger partial charge in [-0.25, -0.2) is 4.79 Å². The summed E-state index contributed by atoms with van der Waals surface area (Å²) in [5.41, 5.74) is 1.33. The molecule has 5 nitrogen and oxygen atoms in total. The van der Waals surface area contributed by atoms with Crippen molar-refractivity contribution in [2.24, 2.45) is 5.92 Å². The van der Waals surface area contributed by atoms with Crippen LogP contribution in [-0.4, -0.2) is 42.3 Å². The van der Waals surface area contributed by atoms with Crippen molar-refractivity contribution in [2.45, 2.75) is 45.3 Å². The summed E-state index contributed by atoms with van der Waals surface area (Å²) in [6.45, 7) is 9.22. The van der Waals surface area contributed by atoms with Gasteiger partial charge >= 0.3 is 6.09 Å². The Hall–Kier alpha value is -1.75. The van der Waals surface area contributed by atoms with Gasteiger partial charge in [0.1, 0.15) is 5.60 Å². The summed E-state index contributed by atoms with van der Waals surface area (Å²) in [5, 5.41) is 6.45. The summed E-state index contributed by atoms with van der Waals surface area (Å²) < 4.78 is 5.30. The summed E-state index contributed by atoms with van der Waals surface area (Å²) in [5.74, 6) is 0.742. The first-order valence-corrected chi connectivity index (χ1v) is 8.48. The van der Waals surface area contributed by atoms with Crippen LogP contribution in [0.2, 0.25) is 0 Å².